The van der Waals surface area contributed by atoms with Crippen LogP contribution in [0.3, 0.4) is 0 Å². The van der Waals surface area contributed by atoms with E-state index in [4.69, 9.17) is 0 Å². The number of nitrogens with zero attached hydrogens (tertiary/aromatic N) is 2. The van der Waals surface area contributed by atoms with E-state index in [1.807, 2.05) is 6.07 Å². The summed E-state index contributed by atoms with van der Waals surface area (Å²) in [7, 11) is 0. The summed E-state index contributed by atoms with van der Waals surface area (Å²) in [5, 5.41) is 11.1. The van der Waals surface area contributed by atoms with E-state index in [-0.39, 0.29) is 0 Å². The maximum atomic E-state index is 12.8. The molecule has 1 saturated carbocycles. The van der Waals surface area contributed by atoms with Crippen LogP contribution >= 0.6 is 0 Å². The van der Waals surface area contributed by atoms with Crippen molar-refractivity contribution in [2.75, 3.05) is 26.2 Å². The minimum absolute atomic E-state index is 0.443. The molecule has 2 aliphatic rings. The lowest BCUT2D eigenvalue weighted by Crippen LogP contribution is -2.51. The summed E-state index contributed by atoms with van der Waals surface area (Å²) in [6.45, 7) is 5.10. The van der Waals surface area contributed by atoms with Gasteiger partial charge < -0.3 is 5.11 Å². The highest BCUT2D eigenvalue weighted by atomic mass is 19.4. The van der Waals surface area contributed by atoms with E-state index in [0.29, 0.717) is 24.4 Å². The molecule has 1 N–H and O–H groups in total. The summed E-state index contributed by atoms with van der Waals surface area (Å²) in [5.74, 6) is 0. The quantitative estimate of drug-likeness (QED) is 0.783. The van der Waals surface area contributed by atoms with E-state index >= 15 is 0 Å². The third-order valence-corrected chi connectivity index (χ3v) is 6.70. The standard InChI is InChI=1S/C24H29F3N2O/c25-24(26,27)21-8-6-20(7-9-21)23(30)12-10-22(11-13-23)29-16-14-28(15-17-29)18-19-4-2-1-3-5-19/h1-9,22,30H,10-18H2. The van der Waals surface area contributed by atoms with Crippen molar-refractivity contribution < 1.29 is 18.3 Å². The van der Waals surface area contributed by atoms with Crippen molar-refractivity contribution in [2.45, 2.75) is 50.0 Å². The summed E-state index contributed by atoms with van der Waals surface area (Å²) in [6, 6.07) is 16.0. The zero-order chi connectivity index (χ0) is 21.2. The number of piperazine rings is 1. The van der Waals surface area contributed by atoms with Crippen molar-refractivity contribution in [3.63, 3.8) is 0 Å². The molecule has 6 heteroatoms. The molecule has 0 unspecified atom stereocenters. The van der Waals surface area contributed by atoms with Crippen LogP contribution in [0.1, 0.15) is 42.4 Å². The fourth-order valence-electron chi connectivity index (χ4n) is 4.83. The van der Waals surface area contributed by atoms with Gasteiger partial charge in [0.2, 0.25) is 0 Å². The SMILES string of the molecule is OC1(c2ccc(C(F)(F)F)cc2)CCC(N2CCN(Cc3ccccc3)CC2)CC1. The van der Waals surface area contributed by atoms with Gasteiger partial charge in [-0.2, -0.15) is 13.2 Å². The van der Waals surface area contributed by atoms with E-state index in [9.17, 15) is 18.3 Å². The molecule has 1 saturated heterocycles. The Morgan fingerprint density at radius 3 is 2.03 bits per heavy atom. The molecule has 0 radical (unpaired) electrons. The molecule has 162 valence electrons. The van der Waals surface area contributed by atoms with Gasteiger partial charge in [0.05, 0.1) is 11.2 Å². The van der Waals surface area contributed by atoms with Gasteiger partial charge in [-0.25, -0.2) is 0 Å². The number of rotatable bonds is 4. The number of aliphatic hydroxyl groups is 1. The van der Waals surface area contributed by atoms with Crippen LogP contribution in [0.2, 0.25) is 0 Å². The second-order valence-corrected chi connectivity index (χ2v) is 8.64. The molecule has 3 nitrogen and oxygen atoms in total. The Bertz CT molecular complexity index is 807. The first kappa shape index (κ1) is 21.3. The van der Waals surface area contributed by atoms with Gasteiger partial charge in [-0.05, 0) is 48.9 Å². The van der Waals surface area contributed by atoms with Gasteiger partial charge in [-0.15, -0.1) is 0 Å². The fourth-order valence-corrected chi connectivity index (χ4v) is 4.83. The van der Waals surface area contributed by atoms with Crippen LogP contribution in [0, 0.1) is 0 Å². The molecule has 1 aliphatic heterocycles. The van der Waals surface area contributed by atoms with Gasteiger partial charge in [0.1, 0.15) is 0 Å². The van der Waals surface area contributed by atoms with Crippen molar-refractivity contribution >= 4 is 0 Å². The highest BCUT2D eigenvalue weighted by molar-refractivity contribution is 5.29. The van der Waals surface area contributed by atoms with Crippen molar-refractivity contribution in [1.29, 1.82) is 0 Å². The van der Waals surface area contributed by atoms with Crippen molar-refractivity contribution in [3.05, 3.63) is 71.3 Å². The van der Waals surface area contributed by atoms with E-state index in [0.717, 1.165) is 57.7 Å². The second-order valence-electron chi connectivity index (χ2n) is 8.64. The summed E-state index contributed by atoms with van der Waals surface area (Å²) in [4.78, 5) is 5.00. The average molecular weight is 419 g/mol. The zero-order valence-electron chi connectivity index (χ0n) is 17.1. The Balaban J connectivity index is 1.28. The maximum Gasteiger partial charge on any atom is 0.416 e. The number of benzene rings is 2. The number of hydrogen-bond donors (Lipinski definition) is 1. The highest BCUT2D eigenvalue weighted by Crippen LogP contribution is 2.40. The average Bonchev–Trinajstić information content (AvgIpc) is 2.75. The van der Waals surface area contributed by atoms with Crippen LogP contribution in [0.4, 0.5) is 13.2 Å². The van der Waals surface area contributed by atoms with Gasteiger partial charge in [-0.3, -0.25) is 9.80 Å². The predicted octanol–water partition coefficient (Wildman–Crippen LogP) is 4.65. The zero-order valence-corrected chi connectivity index (χ0v) is 17.1. The van der Waals surface area contributed by atoms with Gasteiger partial charge in [0.15, 0.2) is 0 Å². The lowest BCUT2D eigenvalue weighted by atomic mass is 9.77. The Labute approximate surface area is 176 Å². The van der Waals surface area contributed by atoms with Gasteiger partial charge in [-0.1, -0.05) is 42.5 Å². The molecule has 0 spiro atoms. The first-order valence-electron chi connectivity index (χ1n) is 10.7. The van der Waals surface area contributed by atoms with Crippen LogP contribution < -0.4 is 0 Å². The second kappa shape index (κ2) is 8.69. The minimum Gasteiger partial charge on any atom is -0.385 e. The largest absolute Gasteiger partial charge is 0.416 e. The van der Waals surface area contributed by atoms with Crippen molar-refractivity contribution in [2.24, 2.45) is 0 Å². The molecule has 30 heavy (non-hydrogen) atoms. The first-order valence-corrected chi connectivity index (χ1v) is 10.7. The lowest BCUT2D eigenvalue weighted by molar-refractivity contribution is -0.137. The first-order chi connectivity index (χ1) is 14.3. The van der Waals surface area contributed by atoms with Crippen LogP contribution in [0.15, 0.2) is 54.6 Å². The van der Waals surface area contributed by atoms with Crippen LogP contribution in [0.25, 0.3) is 0 Å². The van der Waals surface area contributed by atoms with Crippen molar-refractivity contribution in [3.8, 4) is 0 Å². The Kier molecular flexibility index (Phi) is 6.19. The highest BCUT2D eigenvalue weighted by Gasteiger charge is 2.38. The molecule has 1 heterocycles. The third-order valence-electron chi connectivity index (χ3n) is 6.70. The Morgan fingerprint density at radius 1 is 0.867 bits per heavy atom. The van der Waals surface area contributed by atoms with E-state index in [1.165, 1.54) is 17.7 Å². The summed E-state index contributed by atoms with van der Waals surface area (Å²) < 4.78 is 38.4. The molecule has 2 aromatic rings. The topological polar surface area (TPSA) is 26.7 Å². The van der Waals surface area contributed by atoms with Crippen molar-refractivity contribution in [1.82, 2.24) is 9.80 Å². The molecule has 4 rings (SSSR count). The molecular weight excluding hydrogens is 389 g/mol. The van der Waals surface area contributed by atoms with E-state index < -0.39 is 17.3 Å². The maximum absolute atomic E-state index is 12.8. The van der Waals surface area contributed by atoms with Crippen LogP contribution in [0.5, 0.6) is 0 Å². The minimum atomic E-state index is -4.35. The summed E-state index contributed by atoms with van der Waals surface area (Å²) in [6.07, 6.45) is -1.42. The summed E-state index contributed by atoms with van der Waals surface area (Å²) in [5.41, 5.74) is 0.249. The molecule has 0 amide bonds. The summed E-state index contributed by atoms with van der Waals surface area (Å²) >= 11 is 0. The van der Waals surface area contributed by atoms with Crippen LogP contribution in [-0.4, -0.2) is 47.1 Å². The molecule has 2 aromatic carbocycles. The number of alkyl halides is 3. The van der Waals surface area contributed by atoms with Gasteiger partial charge in [0.25, 0.3) is 0 Å². The predicted molar refractivity (Wildman–Crippen MR) is 111 cm³/mol. The monoisotopic (exact) mass is 418 g/mol. The molecule has 0 bridgehead atoms. The number of hydrogen-bond acceptors (Lipinski definition) is 3. The lowest BCUT2D eigenvalue weighted by Gasteiger charge is -2.44. The van der Waals surface area contributed by atoms with E-state index in [2.05, 4.69) is 34.1 Å². The molecule has 0 atom stereocenters. The van der Waals surface area contributed by atoms with E-state index in [1.54, 1.807) is 0 Å². The van der Waals surface area contributed by atoms with Crippen LogP contribution in [-0.2, 0) is 18.3 Å². The molecular formula is C24H29F3N2O. The smallest absolute Gasteiger partial charge is 0.385 e. The van der Waals surface area contributed by atoms with Gasteiger partial charge >= 0.3 is 6.18 Å². The molecule has 2 fully saturated rings. The third kappa shape index (κ3) is 4.88. The molecule has 1 aliphatic carbocycles. The molecule has 0 aromatic heterocycles. The normalized spacial score (nSPS) is 26.6. The number of halogens is 3. The Morgan fingerprint density at radius 2 is 1.47 bits per heavy atom. The van der Waals surface area contributed by atoms with Gasteiger partial charge in [0, 0.05) is 38.8 Å². The fraction of sp³-hybridized carbons (Fsp3) is 0.500. The Hall–Kier alpha value is -1.89.